The van der Waals surface area contributed by atoms with E-state index in [-0.39, 0.29) is 19.6 Å². The molecule has 0 spiro atoms. The lowest BCUT2D eigenvalue weighted by atomic mass is 10.0. The molecule has 5 rings (SSSR count). The number of hydrogen-bond acceptors (Lipinski definition) is 8. The quantitative estimate of drug-likeness (QED) is 0.234. The maximum Gasteiger partial charge on any atom is 0.422 e. The summed E-state index contributed by atoms with van der Waals surface area (Å²) in [5, 5.41) is 7.76. The minimum atomic E-state index is -4.47. The minimum Gasteiger partial charge on any atom is -0.482 e. The molecule has 0 atom stereocenters. The molecule has 2 saturated heterocycles. The highest BCUT2D eigenvalue weighted by Gasteiger charge is 2.31. The fourth-order valence-corrected chi connectivity index (χ4v) is 7.30. The molecule has 2 N–H and O–H groups in total. The monoisotopic (exact) mass is 707 g/mol. The topological polar surface area (TPSA) is 68.8 Å². The van der Waals surface area contributed by atoms with Gasteiger partial charge in [-0.1, -0.05) is 19.6 Å². The van der Waals surface area contributed by atoms with Crippen LogP contribution in [0.1, 0.15) is 24.0 Å². The number of anilines is 5. The molecule has 0 unspecified atom stereocenters. The Morgan fingerprint density at radius 3 is 2.36 bits per heavy atom. The molecule has 8 nitrogen and oxygen atoms in total. The van der Waals surface area contributed by atoms with Gasteiger partial charge in [-0.05, 0) is 92.1 Å². The maximum atomic E-state index is 13.3. The molecule has 13 heteroatoms. The second-order valence-corrected chi connectivity index (χ2v) is 15.3. The van der Waals surface area contributed by atoms with Gasteiger partial charge >= 0.3 is 6.18 Å². The number of nitrogens with zero attached hydrogens (tertiary/aromatic N) is 5. The third-order valence-corrected chi connectivity index (χ3v) is 10.3. The van der Waals surface area contributed by atoms with Crippen LogP contribution >= 0.6 is 23.9 Å². The van der Waals surface area contributed by atoms with Crippen LogP contribution in [-0.4, -0.2) is 98.2 Å². The molecule has 2 fully saturated rings. The fraction of sp³-hybridized carbons (Fsp3) is 0.500. The summed E-state index contributed by atoms with van der Waals surface area (Å²) in [6, 6.07) is 10.3. The van der Waals surface area contributed by atoms with Crippen LogP contribution in [-0.2, 0) is 0 Å². The molecule has 3 heterocycles. The van der Waals surface area contributed by atoms with E-state index in [1.165, 1.54) is 10.9 Å². The zero-order chi connectivity index (χ0) is 32.3. The van der Waals surface area contributed by atoms with Crippen LogP contribution in [0, 0.1) is 13.8 Å². The number of piperazine rings is 1. The number of benzene rings is 2. The van der Waals surface area contributed by atoms with E-state index in [1.807, 2.05) is 25.1 Å². The second kappa shape index (κ2) is 14.4. The van der Waals surface area contributed by atoms with Crippen molar-refractivity contribution in [3.8, 4) is 5.75 Å². The number of ether oxygens (including phenoxy) is 1. The predicted molar refractivity (Wildman–Crippen MR) is 183 cm³/mol. The van der Waals surface area contributed by atoms with E-state index in [9.17, 15) is 13.2 Å². The number of halogens is 4. The second-order valence-electron chi connectivity index (χ2n) is 12.2. The van der Waals surface area contributed by atoms with Gasteiger partial charge in [-0.3, -0.25) is 4.90 Å². The van der Waals surface area contributed by atoms with Crippen molar-refractivity contribution in [2.75, 3.05) is 81.8 Å². The standard InChI is InChI=1S/C32H42BrF3N7OP/c1-21-6-7-25(29(16-21)45(4)5)38-30-24(33)19-37-31(40-30)39-26-17-22(2)27(18-28(26)44-20-32(34,35)36)43-10-8-23(9-11-43)42-14-12-41(3)13-15-42/h6-7,16-19,23H,8-15,20H2,1-5H3,(H2,37,38,39,40). The molecule has 2 aliphatic heterocycles. The number of nitrogens with one attached hydrogen (secondary N) is 2. The number of rotatable bonds is 9. The van der Waals surface area contributed by atoms with Gasteiger partial charge in [0.1, 0.15) is 11.6 Å². The van der Waals surface area contributed by atoms with E-state index in [4.69, 9.17) is 4.74 Å². The minimum absolute atomic E-state index is 0.110. The molecule has 0 saturated carbocycles. The van der Waals surface area contributed by atoms with Crippen LogP contribution in [0.5, 0.6) is 5.75 Å². The molecule has 3 aromatic rings. The molecule has 45 heavy (non-hydrogen) atoms. The first kappa shape index (κ1) is 33.7. The van der Waals surface area contributed by atoms with Crippen LogP contribution in [0.2, 0.25) is 0 Å². The van der Waals surface area contributed by atoms with E-state index < -0.39 is 12.8 Å². The number of hydrogen-bond donors (Lipinski definition) is 2. The van der Waals surface area contributed by atoms with Crippen LogP contribution < -0.4 is 25.6 Å². The first-order valence-electron chi connectivity index (χ1n) is 15.2. The normalized spacial score (nSPS) is 17.2. The molecular formula is C32H42BrF3N7OP. The zero-order valence-electron chi connectivity index (χ0n) is 26.5. The van der Waals surface area contributed by atoms with Gasteiger partial charge in [0.2, 0.25) is 5.95 Å². The molecule has 0 amide bonds. The molecule has 2 aromatic carbocycles. The van der Waals surface area contributed by atoms with Crippen LogP contribution in [0.15, 0.2) is 41.0 Å². The van der Waals surface area contributed by atoms with Crippen molar-refractivity contribution in [1.82, 2.24) is 19.8 Å². The van der Waals surface area contributed by atoms with Crippen molar-refractivity contribution < 1.29 is 17.9 Å². The van der Waals surface area contributed by atoms with Gasteiger partial charge in [-0.15, -0.1) is 0 Å². The highest BCUT2D eigenvalue weighted by molar-refractivity contribution is 9.10. The van der Waals surface area contributed by atoms with Gasteiger partial charge in [0.05, 0.1) is 10.2 Å². The third kappa shape index (κ3) is 8.78. The van der Waals surface area contributed by atoms with Crippen molar-refractivity contribution in [2.45, 2.75) is 38.9 Å². The summed E-state index contributed by atoms with van der Waals surface area (Å²) >= 11 is 3.54. The van der Waals surface area contributed by atoms with Crippen molar-refractivity contribution in [3.63, 3.8) is 0 Å². The summed E-state index contributed by atoms with van der Waals surface area (Å²) in [4.78, 5) is 16.3. The Morgan fingerprint density at radius 1 is 0.978 bits per heavy atom. The Hall–Kier alpha value is -2.66. The van der Waals surface area contributed by atoms with E-state index >= 15 is 0 Å². The highest BCUT2D eigenvalue weighted by Crippen LogP contribution is 2.38. The van der Waals surface area contributed by atoms with Crippen molar-refractivity contribution >= 4 is 58.0 Å². The lowest BCUT2D eigenvalue weighted by Crippen LogP contribution is -2.52. The maximum absolute atomic E-state index is 13.3. The summed E-state index contributed by atoms with van der Waals surface area (Å²) in [5.74, 6) is 0.893. The SMILES string of the molecule is Cc1ccc(Nc2nc(Nc3cc(C)c(N4CCC(N5CCN(C)CC5)CC4)cc3OCC(F)(F)F)ncc2Br)c(P(C)C)c1. The highest BCUT2D eigenvalue weighted by atomic mass is 79.9. The lowest BCUT2D eigenvalue weighted by Gasteiger charge is -2.43. The molecule has 0 bridgehead atoms. The number of aromatic nitrogens is 2. The van der Waals surface area contributed by atoms with Crippen molar-refractivity contribution in [2.24, 2.45) is 0 Å². The summed E-state index contributed by atoms with van der Waals surface area (Å²) in [5.41, 5.74) is 4.33. The summed E-state index contributed by atoms with van der Waals surface area (Å²) in [6.07, 6.45) is -0.817. The first-order chi connectivity index (χ1) is 21.4. The molecule has 2 aliphatic rings. The summed E-state index contributed by atoms with van der Waals surface area (Å²) < 4.78 is 45.9. The number of alkyl halides is 3. The van der Waals surface area contributed by atoms with Gasteiger partial charge in [-0.2, -0.15) is 18.2 Å². The average molecular weight is 709 g/mol. The van der Waals surface area contributed by atoms with Crippen LogP contribution in [0.4, 0.5) is 42.0 Å². The van der Waals surface area contributed by atoms with E-state index in [0.29, 0.717) is 22.0 Å². The smallest absolute Gasteiger partial charge is 0.422 e. The van der Waals surface area contributed by atoms with Gasteiger partial charge in [0, 0.05) is 68.9 Å². The first-order valence-corrected chi connectivity index (χ1v) is 18.3. The predicted octanol–water partition coefficient (Wildman–Crippen LogP) is 6.87. The molecule has 244 valence electrons. The number of piperidine rings is 1. The van der Waals surface area contributed by atoms with E-state index in [1.54, 1.807) is 12.3 Å². The van der Waals surface area contributed by atoms with E-state index in [2.05, 4.69) is 84.6 Å². The Balaban J connectivity index is 1.36. The Morgan fingerprint density at radius 2 is 1.69 bits per heavy atom. The summed E-state index contributed by atoms with van der Waals surface area (Å²) in [6.45, 7) is 13.0. The van der Waals surface area contributed by atoms with Crippen molar-refractivity contribution in [3.05, 3.63) is 52.1 Å². The molecule has 0 aliphatic carbocycles. The Kier molecular flexibility index (Phi) is 10.8. The van der Waals surface area contributed by atoms with Gasteiger partial charge < -0.3 is 25.2 Å². The average Bonchev–Trinajstić information content (AvgIpc) is 2.99. The number of likely N-dealkylation sites (N-methyl/N-ethyl adjacent to an activating group) is 1. The van der Waals surface area contributed by atoms with Crippen LogP contribution in [0.3, 0.4) is 0 Å². The van der Waals surface area contributed by atoms with Gasteiger partial charge in [0.25, 0.3) is 0 Å². The molecule has 1 aromatic heterocycles. The lowest BCUT2D eigenvalue weighted by molar-refractivity contribution is -0.153. The number of aryl methyl sites for hydroxylation is 2. The Labute approximate surface area is 273 Å². The van der Waals surface area contributed by atoms with Crippen molar-refractivity contribution in [1.29, 1.82) is 0 Å². The van der Waals surface area contributed by atoms with Gasteiger partial charge in [-0.25, -0.2) is 4.98 Å². The molecule has 0 radical (unpaired) electrons. The van der Waals surface area contributed by atoms with E-state index in [0.717, 1.165) is 69.0 Å². The third-order valence-electron chi connectivity index (χ3n) is 8.43. The Bertz CT molecular complexity index is 1480. The van der Waals surface area contributed by atoms with Gasteiger partial charge in [0.15, 0.2) is 6.61 Å². The zero-order valence-corrected chi connectivity index (χ0v) is 29.0. The fourth-order valence-electron chi connectivity index (χ4n) is 5.93. The van der Waals surface area contributed by atoms with Crippen LogP contribution in [0.25, 0.3) is 0 Å². The largest absolute Gasteiger partial charge is 0.482 e. The molecular weight excluding hydrogens is 666 g/mol. The summed E-state index contributed by atoms with van der Waals surface area (Å²) in [7, 11) is 1.78.